The summed E-state index contributed by atoms with van der Waals surface area (Å²) >= 11 is 1.20. The van der Waals surface area contributed by atoms with Crippen molar-refractivity contribution < 1.29 is 27.5 Å². The lowest BCUT2D eigenvalue weighted by molar-refractivity contribution is -0.137. The first-order valence-corrected chi connectivity index (χ1v) is 10.7. The highest BCUT2D eigenvalue weighted by Crippen LogP contribution is 2.30. The summed E-state index contributed by atoms with van der Waals surface area (Å²) in [6, 6.07) is 4.39. The average Bonchev–Trinajstić information content (AvgIpc) is 3.13. The van der Waals surface area contributed by atoms with E-state index in [-0.39, 0.29) is 23.8 Å². The van der Waals surface area contributed by atoms with E-state index in [1.165, 1.54) is 23.9 Å². The van der Waals surface area contributed by atoms with Gasteiger partial charge in [-0.05, 0) is 18.2 Å². The number of morpholine rings is 1. The van der Waals surface area contributed by atoms with E-state index in [9.17, 15) is 22.8 Å². The Morgan fingerprint density at radius 1 is 1.25 bits per heavy atom. The number of aromatic nitrogens is 3. The van der Waals surface area contributed by atoms with Crippen LogP contribution < -0.4 is 5.32 Å². The topological polar surface area (TPSA) is 89.3 Å². The van der Waals surface area contributed by atoms with E-state index in [1.807, 2.05) is 0 Å². The third kappa shape index (κ3) is 6.33. The van der Waals surface area contributed by atoms with Crippen LogP contribution in [0.15, 0.2) is 42.1 Å². The fraction of sp³-hybridized carbons (Fsp3) is 0.400. The zero-order valence-electron chi connectivity index (χ0n) is 17.1. The average molecular weight is 469 g/mol. The summed E-state index contributed by atoms with van der Waals surface area (Å²) in [6.45, 7) is 6.10. The Kier molecular flexibility index (Phi) is 7.91. The standard InChI is InChI=1S/C20H22F3N5O3S/c1-2-6-28-16(12-17(29)24-15-5-3-4-14(11-15)20(21,22)23)25-26-19(28)32-13-18(30)27-7-9-31-10-8-27/h2-5,11H,1,6-10,12-13H2,(H,24,29). The van der Waals surface area contributed by atoms with Crippen molar-refractivity contribution in [2.75, 3.05) is 37.4 Å². The summed E-state index contributed by atoms with van der Waals surface area (Å²) < 4.78 is 45.5. The van der Waals surface area contributed by atoms with Gasteiger partial charge in [0, 0.05) is 25.3 Å². The second-order valence-electron chi connectivity index (χ2n) is 6.88. The second-order valence-corrected chi connectivity index (χ2v) is 7.83. The number of ether oxygens (including phenoxy) is 1. The Bertz CT molecular complexity index is 974. The maximum Gasteiger partial charge on any atom is 0.416 e. The van der Waals surface area contributed by atoms with Gasteiger partial charge in [-0.3, -0.25) is 9.59 Å². The van der Waals surface area contributed by atoms with Crippen LogP contribution in [0.5, 0.6) is 0 Å². The van der Waals surface area contributed by atoms with Gasteiger partial charge in [0.2, 0.25) is 11.8 Å². The molecule has 0 bridgehead atoms. The molecule has 12 heteroatoms. The number of carbonyl (C=O) groups is 2. The summed E-state index contributed by atoms with van der Waals surface area (Å²) in [4.78, 5) is 26.5. The van der Waals surface area contributed by atoms with Gasteiger partial charge in [0.05, 0.1) is 31.0 Å². The minimum absolute atomic E-state index is 0.0327. The summed E-state index contributed by atoms with van der Waals surface area (Å²) in [6.07, 6.45) is -3.10. The number of allylic oxidation sites excluding steroid dienone is 1. The quantitative estimate of drug-likeness (QED) is 0.472. The normalized spacial score (nSPS) is 14.3. The van der Waals surface area contributed by atoms with E-state index in [0.29, 0.717) is 43.8 Å². The smallest absolute Gasteiger partial charge is 0.378 e. The monoisotopic (exact) mass is 469 g/mol. The minimum Gasteiger partial charge on any atom is -0.378 e. The molecule has 2 aromatic rings. The van der Waals surface area contributed by atoms with Gasteiger partial charge in [-0.25, -0.2) is 0 Å². The van der Waals surface area contributed by atoms with Crippen LogP contribution in [0.2, 0.25) is 0 Å². The Hall–Kier alpha value is -2.86. The van der Waals surface area contributed by atoms with E-state index < -0.39 is 17.6 Å². The molecule has 8 nitrogen and oxygen atoms in total. The molecule has 0 radical (unpaired) electrons. The molecule has 0 atom stereocenters. The Balaban J connectivity index is 1.63. The van der Waals surface area contributed by atoms with Crippen LogP contribution >= 0.6 is 11.8 Å². The fourth-order valence-electron chi connectivity index (χ4n) is 3.02. The van der Waals surface area contributed by atoms with Crippen LogP contribution in [0.4, 0.5) is 18.9 Å². The molecule has 172 valence electrons. The first-order chi connectivity index (χ1) is 15.3. The first-order valence-electron chi connectivity index (χ1n) is 9.76. The number of nitrogens with one attached hydrogen (secondary N) is 1. The van der Waals surface area contributed by atoms with Gasteiger partial charge in [0.1, 0.15) is 5.82 Å². The molecular weight excluding hydrogens is 447 g/mol. The van der Waals surface area contributed by atoms with Crippen molar-refractivity contribution in [1.29, 1.82) is 0 Å². The molecule has 1 N–H and O–H groups in total. The van der Waals surface area contributed by atoms with Crippen LogP contribution in [0, 0.1) is 0 Å². The Morgan fingerprint density at radius 2 is 2.00 bits per heavy atom. The van der Waals surface area contributed by atoms with Crippen molar-refractivity contribution in [2.45, 2.75) is 24.3 Å². The number of hydrogen-bond donors (Lipinski definition) is 1. The van der Waals surface area contributed by atoms with E-state index in [2.05, 4.69) is 22.1 Å². The van der Waals surface area contributed by atoms with Crippen LogP contribution in [0.25, 0.3) is 0 Å². The molecule has 1 fully saturated rings. The predicted octanol–water partition coefficient (Wildman–Crippen LogP) is 2.62. The molecular formula is C20H22F3N5O3S. The number of nitrogens with zero attached hydrogens (tertiary/aromatic N) is 4. The molecule has 0 aliphatic carbocycles. The maximum atomic E-state index is 12.9. The van der Waals surface area contributed by atoms with Crippen molar-refractivity contribution in [1.82, 2.24) is 19.7 Å². The van der Waals surface area contributed by atoms with Gasteiger partial charge < -0.3 is 19.5 Å². The largest absolute Gasteiger partial charge is 0.416 e. The first kappa shape index (κ1) is 23.8. The van der Waals surface area contributed by atoms with Gasteiger partial charge in [0.25, 0.3) is 0 Å². The lowest BCUT2D eigenvalue weighted by Gasteiger charge is -2.26. The molecule has 1 aliphatic heterocycles. The number of halogens is 3. The number of benzene rings is 1. The predicted molar refractivity (Wildman–Crippen MR) is 112 cm³/mol. The third-order valence-corrected chi connectivity index (χ3v) is 5.54. The summed E-state index contributed by atoms with van der Waals surface area (Å²) in [7, 11) is 0. The highest BCUT2D eigenvalue weighted by molar-refractivity contribution is 7.99. The lowest BCUT2D eigenvalue weighted by Crippen LogP contribution is -2.41. The van der Waals surface area contributed by atoms with Crippen LogP contribution in [-0.2, 0) is 33.5 Å². The zero-order valence-corrected chi connectivity index (χ0v) is 17.9. The summed E-state index contributed by atoms with van der Waals surface area (Å²) in [5.74, 6) is -0.111. The maximum absolute atomic E-state index is 12.9. The molecule has 0 spiro atoms. The number of amides is 2. The number of hydrogen-bond acceptors (Lipinski definition) is 6. The van der Waals surface area contributed by atoms with Crippen LogP contribution in [-0.4, -0.2) is 63.5 Å². The van der Waals surface area contributed by atoms with Gasteiger partial charge >= 0.3 is 6.18 Å². The van der Waals surface area contributed by atoms with Crippen molar-refractivity contribution >= 4 is 29.3 Å². The van der Waals surface area contributed by atoms with Gasteiger partial charge in [-0.2, -0.15) is 13.2 Å². The van der Waals surface area contributed by atoms with E-state index in [1.54, 1.807) is 15.5 Å². The molecule has 0 saturated carbocycles. The van der Waals surface area contributed by atoms with Gasteiger partial charge in [-0.1, -0.05) is 23.9 Å². The highest BCUT2D eigenvalue weighted by Gasteiger charge is 2.30. The molecule has 2 amide bonds. The third-order valence-electron chi connectivity index (χ3n) is 4.59. The lowest BCUT2D eigenvalue weighted by atomic mass is 10.2. The number of thioether (sulfide) groups is 1. The Morgan fingerprint density at radius 3 is 2.69 bits per heavy atom. The number of carbonyl (C=O) groups excluding carboxylic acids is 2. The van der Waals surface area contributed by atoms with Gasteiger partial charge in [0.15, 0.2) is 5.16 Å². The molecule has 1 aliphatic rings. The summed E-state index contributed by atoms with van der Waals surface area (Å²) in [5.41, 5.74) is -0.820. The fourth-order valence-corrected chi connectivity index (χ4v) is 3.89. The number of alkyl halides is 3. The van der Waals surface area contributed by atoms with E-state index in [4.69, 9.17) is 4.74 Å². The van der Waals surface area contributed by atoms with E-state index in [0.717, 1.165) is 12.1 Å². The molecule has 32 heavy (non-hydrogen) atoms. The Labute approximate surface area is 186 Å². The molecule has 2 heterocycles. The van der Waals surface area contributed by atoms with Crippen molar-refractivity contribution in [3.05, 3.63) is 48.3 Å². The van der Waals surface area contributed by atoms with Gasteiger partial charge in [-0.15, -0.1) is 16.8 Å². The van der Waals surface area contributed by atoms with Crippen LogP contribution in [0.3, 0.4) is 0 Å². The summed E-state index contributed by atoms with van der Waals surface area (Å²) in [5, 5.41) is 11.0. The molecule has 1 aromatic carbocycles. The molecule has 0 unspecified atom stereocenters. The van der Waals surface area contributed by atoms with Crippen molar-refractivity contribution in [3.63, 3.8) is 0 Å². The molecule has 3 rings (SSSR count). The highest BCUT2D eigenvalue weighted by atomic mass is 32.2. The van der Waals surface area contributed by atoms with E-state index >= 15 is 0 Å². The minimum atomic E-state index is -4.50. The SMILES string of the molecule is C=CCn1c(CC(=O)Nc2cccc(C(F)(F)F)c2)nnc1SCC(=O)N1CCOCC1. The second kappa shape index (κ2) is 10.6. The van der Waals surface area contributed by atoms with Crippen LogP contribution in [0.1, 0.15) is 11.4 Å². The zero-order chi connectivity index (χ0) is 23.1. The van der Waals surface area contributed by atoms with Crippen molar-refractivity contribution in [3.8, 4) is 0 Å². The molecule has 1 saturated heterocycles. The van der Waals surface area contributed by atoms with Crippen molar-refractivity contribution in [2.24, 2.45) is 0 Å². The number of rotatable bonds is 8. The number of anilines is 1. The molecule has 1 aromatic heterocycles.